The minimum atomic E-state index is -0.846. The van der Waals surface area contributed by atoms with Gasteiger partial charge in [-0.05, 0) is 24.1 Å². The zero-order valence-electron chi connectivity index (χ0n) is 10.5. The van der Waals surface area contributed by atoms with Gasteiger partial charge in [0.2, 0.25) is 0 Å². The molecule has 1 rings (SSSR count). The number of carbonyl (C=O) groups is 1. The number of nitrogens with two attached hydrogens (primary N) is 1. The Morgan fingerprint density at radius 3 is 2.58 bits per heavy atom. The first-order valence-electron chi connectivity index (χ1n) is 5.60. The molecule has 104 valence electrons. The number of rotatable bonds is 4. The van der Waals surface area contributed by atoms with Gasteiger partial charge in [0.1, 0.15) is 11.6 Å². The van der Waals surface area contributed by atoms with E-state index < -0.39 is 29.1 Å². The topological polar surface area (TPSA) is 87.7 Å². The Labute approximate surface area is 109 Å². The van der Waals surface area contributed by atoms with Crippen LogP contribution in [0.3, 0.4) is 0 Å². The number of amides is 1. The summed E-state index contributed by atoms with van der Waals surface area (Å²) in [6.07, 6.45) is 0. The molecule has 1 amide bonds. The maximum Gasteiger partial charge on any atom is 0.254 e. The molecule has 0 aliphatic carbocycles. The summed E-state index contributed by atoms with van der Waals surface area (Å²) >= 11 is 0. The van der Waals surface area contributed by atoms with Crippen LogP contribution in [0.15, 0.2) is 23.4 Å². The Balaban J connectivity index is 2.97. The van der Waals surface area contributed by atoms with Crippen LogP contribution in [0, 0.1) is 17.6 Å². The molecular weight excluding hydrogens is 256 g/mol. The number of nitrogens with one attached hydrogen (secondary N) is 1. The molecule has 0 heterocycles. The van der Waals surface area contributed by atoms with Crippen LogP contribution < -0.4 is 11.1 Å². The molecule has 1 atom stereocenters. The van der Waals surface area contributed by atoms with Gasteiger partial charge >= 0.3 is 0 Å². The molecule has 5 nitrogen and oxygen atoms in total. The van der Waals surface area contributed by atoms with Crippen LogP contribution >= 0.6 is 0 Å². The maximum absolute atomic E-state index is 13.4. The number of carbonyl (C=O) groups excluding carboxylic acids is 1. The van der Waals surface area contributed by atoms with E-state index in [4.69, 9.17) is 10.9 Å². The SMILES string of the molecule is CC(C)C(NC(=O)c1cc(F)ccc1F)C(N)=NO. The average Bonchev–Trinajstić information content (AvgIpc) is 2.37. The van der Waals surface area contributed by atoms with Gasteiger partial charge in [0, 0.05) is 0 Å². The fraction of sp³-hybridized carbons (Fsp3) is 0.333. The van der Waals surface area contributed by atoms with Gasteiger partial charge in [-0.3, -0.25) is 4.79 Å². The van der Waals surface area contributed by atoms with Crippen LogP contribution in [0.2, 0.25) is 0 Å². The normalized spacial score (nSPS) is 13.4. The molecule has 1 aromatic carbocycles. The first kappa shape index (κ1) is 14.9. The molecule has 0 aromatic heterocycles. The van der Waals surface area contributed by atoms with Crippen LogP contribution in [0.4, 0.5) is 8.78 Å². The molecular formula is C12H15F2N3O2. The van der Waals surface area contributed by atoms with Crippen molar-refractivity contribution >= 4 is 11.7 Å². The minimum absolute atomic E-state index is 0.184. The van der Waals surface area contributed by atoms with E-state index in [1.165, 1.54) is 0 Å². The summed E-state index contributed by atoms with van der Waals surface area (Å²) in [6.45, 7) is 3.45. The maximum atomic E-state index is 13.4. The van der Waals surface area contributed by atoms with Crippen molar-refractivity contribution in [2.75, 3.05) is 0 Å². The first-order chi connectivity index (χ1) is 8.86. The average molecular weight is 271 g/mol. The summed E-state index contributed by atoms with van der Waals surface area (Å²) in [6, 6.07) is 1.78. The summed E-state index contributed by atoms with van der Waals surface area (Å²) in [5.41, 5.74) is 5.00. The molecule has 0 aliphatic heterocycles. The van der Waals surface area contributed by atoms with Gasteiger partial charge in [-0.15, -0.1) is 0 Å². The first-order valence-corrected chi connectivity index (χ1v) is 5.60. The molecule has 0 fully saturated rings. The van der Waals surface area contributed by atoms with Crippen molar-refractivity contribution in [1.82, 2.24) is 5.32 Å². The second-order valence-electron chi connectivity index (χ2n) is 4.34. The number of nitrogens with zero attached hydrogens (tertiary/aromatic N) is 1. The Kier molecular flexibility index (Phi) is 4.80. The fourth-order valence-corrected chi connectivity index (χ4v) is 1.53. The van der Waals surface area contributed by atoms with Crippen LogP contribution in [-0.2, 0) is 0 Å². The third-order valence-corrected chi connectivity index (χ3v) is 2.56. The molecule has 0 aliphatic rings. The van der Waals surface area contributed by atoms with E-state index in [1.54, 1.807) is 13.8 Å². The van der Waals surface area contributed by atoms with E-state index >= 15 is 0 Å². The predicted molar refractivity (Wildman–Crippen MR) is 65.9 cm³/mol. The van der Waals surface area contributed by atoms with E-state index in [9.17, 15) is 13.6 Å². The number of hydrogen-bond donors (Lipinski definition) is 3. The van der Waals surface area contributed by atoms with Gasteiger partial charge < -0.3 is 16.3 Å². The third-order valence-electron chi connectivity index (χ3n) is 2.56. The van der Waals surface area contributed by atoms with Crippen LogP contribution in [0.25, 0.3) is 0 Å². The summed E-state index contributed by atoms with van der Waals surface area (Å²) < 4.78 is 26.4. The van der Waals surface area contributed by atoms with E-state index in [0.717, 1.165) is 18.2 Å². The molecule has 0 saturated carbocycles. The summed E-state index contributed by atoms with van der Waals surface area (Å²) in [5.74, 6) is -2.80. The summed E-state index contributed by atoms with van der Waals surface area (Å²) in [7, 11) is 0. The lowest BCUT2D eigenvalue weighted by atomic mass is 10.0. The molecule has 0 saturated heterocycles. The molecule has 4 N–H and O–H groups in total. The Morgan fingerprint density at radius 2 is 2.05 bits per heavy atom. The molecule has 0 radical (unpaired) electrons. The lowest BCUT2D eigenvalue weighted by Gasteiger charge is -2.21. The third kappa shape index (κ3) is 3.64. The van der Waals surface area contributed by atoms with Gasteiger partial charge in [0.25, 0.3) is 5.91 Å². The second-order valence-corrected chi connectivity index (χ2v) is 4.34. The molecule has 7 heteroatoms. The highest BCUT2D eigenvalue weighted by Gasteiger charge is 2.23. The molecule has 0 bridgehead atoms. The summed E-state index contributed by atoms with van der Waals surface area (Å²) in [5, 5.41) is 13.8. The highest BCUT2D eigenvalue weighted by Crippen LogP contribution is 2.11. The Bertz CT molecular complexity index is 504. The van der Waals surface area contributed by atoms with E-state index in [1.807, 2.05) is 0 Å². The number of oxime groups is 1. The van der Waals surface area contributed by atoms with E-state index in [0.29, 0.717) is 0 Å². The standard InChI is InChI=1S/C12H15F2N3O2/c1-6(2)10(11(15)17-19)16-12(18)8-5-7(13)3-4-9(8)14/h3-6,10,19H,1-2H3,(H2,15,17)(H,16,18). The van der Waals surface area contributed by atoms with Crippen molar-refractivity contribution in [3.8, 4) is 0 Å². The zero-order valence-corrected chi connectivity index (χ0v) is 10.5. The van der Waals surface area contributed by atoms with Crippen LogP contribution in [-0.4, -0.2) is 23.0 Å². The molecule has 1 aromatic rings. The highest BCUT2D eigenvalue weighted by molar-refractivity contribution is 5.98. The van der Waals surface area contributed by atoms with Crippen molar-refractivity contribution in [2.45, 2.75) is 19.9 Å². The van der Waals surface area contributed by atoms with Crippen molar-refractivity contribution in [3.05, 3.63) is 35.4 Å². The van der Waals surface area contributed by atoms with Crippen molar-refractivity contribution in [3.63, 3.8) is 0 Å². The lowest BCUT2D eigenvalue weighted by Crippen LogP contribution is -2.48. The zero-order chi connectivity index (χ0) is 14.6. The quantitative estimate of drug-likeness (QED) is 0.335. The van der Waals surface area contributed by atoms with Gasteiger partial charge in [-0.25, -0.2) is 8.78 Å². The highest BCUT2D eigenvalue weighted by atomic mass is 19.1. The fourth-order valence-electron chi connectivity index (χ4n) is 1.53. The molecule has 19 heavy (non-hydrogen) atoms. The van der Waals surface area contributed by atoms with Crippen molar-refractivity contribution in [1.29, 1.82) is 0 Å². The largest absolute Gasteiger partial charge is 0.409 e. The van der Waals surface area contributed by atoms with Gasteiger partial charge in [-0.2, -0.15) is 0 Å². The smallest absolute Gasteiger partial charge is 0.254 e. The number of amidine groups is 1. The number of halogens is 2. The van der Waals surface area contributed by atoms with Gasteiger partial charge in [0.05, 0.1) is 11.6 Å². The van der Waals surface area contributed by atoms with Crippen LogP contribution in [0.5, 0.6) is 0 Å². The minimum Gasteiger partial charge on any atom is -0.409 e. The van der Waals surface area contributed by atoms with Crippen molar-refractivity contribution < 1.29 is 18.8 Å². The monoisotopic (exact) mass is 271 g/mol. The van der Waals surface area contributed by atoms with Gasteiger partial charge in [-0.1, -0.05) is 19.0 Å². The van der Waals surface area contributed by atoms with Gasteiger partial charge in [0.15, 0.2) is 5.84 Å². The predicted octanol–water partition coefficient (Wildman–Crippen LogP) is 1.47. The lowest BCUT2D eigenvalue weighted by molar-refractivity contribution is 0.0934. The number of hydrogen-bond acceptors (Lipinski definition) is 3. The second kappa shape index (κ2) is 6.12. The Morgan fingerprint density at radius 1 is 1.42 bits per heavy atom. The summed E-state index contributed by atoms with van der Waals surface area (Å²) in [4.78, 5) is 11.8. The van der Waals surface area contributed by atoms with E-state index in [-0.39, 0.29) is 11.8 Å². The molecule has 0 spiro atoms. The van der Waals surface area contributed by atoms with E-state index in [2.05, 4.69) is 10.5 Å². The van der Waals surface area contributed by atoms with Crippen molar-refractivity contribution in [2.24, 2.45) is 16.8 Å². The molecule has 1 unspecified atom stereocenters. The van der Waals surface area contributed by atoms with Crippen LogP contribution in [0.1, 0.15) is 24.2 Å². The Hall–Kier alpha value is -2.18. The number of benzene rings is 1.